The van der Waals surface area contributed by atoms with Gasteiger partial charge in [-0.05, 0) is 35.1 Å². The number of benzene rings is 3. The molecule has 4 aromatic rings. The van der Waals surface area contributed by atoms with Crippen molar-refractivity contribution in [2.45, 2.75) is 38.2 Å². The van der Waals surface area contributed by atoms with Crippen molar-refractivity contribution in [3.8, 4) is 0 Å². The Morgan fingerprint density at radius 3 is 2.12 bits per heavy atom. The van der Waals surface area contributed by atoms with Crippen molar-refractivity contribution in [1.82, 2.24) is 14.5 Å². The Bertz CT molecular complexity index is 1710. The van der Waals surface area contributed by atoms with Crippen molar-refractivity contribution in [2.75, 3.05) is 4.72 Å². The molecule has 3 aromatic carbocycles. The Hall–Kier alpha value is -4.70. The topological polar surface area (TPSA) is 135 Å². The van der Waals surface area contributed by atoms with Crippen LogP contribution in [0.5, 0.6) is 0 Å². The summed E-state index contributed by atoms with van der Waals surface area (Å²) in [4.78, 5) is 27.2. The zero-order chi connectivity index (χ0) is 28.8. The first-order chi connectivity index (χ1) is 19.9. The molecule has 1 atom stereocenters. The molecule has 0 amide bonds. The number of aromatic nitrogens is 2. The van der Waals surface area contributed by atoms with Crippen molar-refractivity contribution < 1.29 is 4.21 Å². The Kier molecular flexibility index (Phi) is 8.59. The number of amidine groups is 1. The monoisotopic (exact) mass is 568 g/mol. The van der Waals surface area contributed by atoms with E-state index in [9.17, 15) is 13.8 Å². The third kappa shape index (κ3) is 7.29. The molecule has 1 aliphatic rings. The number of rotatable bonds is 12. The maximum absolute atomic E-state index is 13.6. The van der Waals surface area contributed by atoms with E-state index in [0.29, 0.717) is 12.1 Å². The summed E-state index contributed by atoms with van der Waals surface area (Å²) in [7, 11) is -1.58. The van der Waals surface area contributed by atoms with Crippen LogP contribution in [0.15, 0.2) is 112 Å². The summed E-state index contributed by atoms with van der Waals surface area (Å²) in [5.41, 5.74) is 10.1. The molecule has 5 rings (SSSR count). The van der Waals surface area contributed by atoms with E-state index in [0.717, 1.165) is 40.8 Å². The molecule has 1 aromatic heterocycles. The largest absolute Gasteiger partial charge is 0.384 e. The molecule has 10 heteroatoms. The van der Waals surface area contributed by atoms with Crippen LogP contribution in [0.3, 0.4) is 0 Å². The van der Waals surface area contributed by atoms with E-state index >= 15 is 0 Å². The van der Waals surface area contributed by atoms with Crippen LogP contribution in [0.25, 0.3) is 0 Å². The summed E-state index contributed by atoms with van der Waals surface area (Å²) in [6.45, 7) is 0.832. The highest BCUT2D eigenvalue weighted by atomic mass is 32.2. The Labute approximate surface area is 240 Å². The quantitative estimate of drug-likeness (QED) is 0.153. The van der Waals surface area contributed by atoms with Gasteiger partial charge in [0.25, 0.3) is 5.56 Å². The number of allylic oxidation sites excluding steroid dienone is 2. The Morgan fingerprint density at radius 2 is 1.51 bits per heavy atom. The first-order valence-electron chi connectivity index (χ1n) is 13.3. The van der Waals surface area contributed by atoms with Gasteiger partial charge >= 0.3 is 5.69 Å². The summed E-state index contributed by atoms with van der Waals surface area (Å²) < 4.78 is 18.5. The SMILES string of the molecule is N=C(N)c1ccc(CNC(Cn2c(=O)c(NS(=O)Cc3ccccc3)cn(Cc3ccccc3)c2=O)=C2CC2)cc1. The first kappa shape index (κ1) is 27.9. The molecule has 1 fully saturated rings. The molecule has 5 N–H and O–H groups in total. The summed E-state index contributed by atoms with van der Waals surface area (Å²) in [6.07, 6.45) is 3.26. The molecule has 0 spiro atoms. The molecular formula is C31H32N6O3S. The molecule has 0 radical (unpaired) electrons. The predicted molar refractivity (Wildman–Crippen MR) is 163 cm³/mol. The third-order valence-corrected chi connectivity index (χ3v) is 7.85. The Balaban J connectivity index is 1.42. The van der Waals surface area contributed by atoms with Crippen LogP contribution in [0.2, 0.25) is 0 Å². The van der Waals surface area contributed by atoms with Crippen LogP contribution < -0.4 is 27.0 Å². The van der Waals surface area contributed by atoms with Gasteiger partial charge in [-0.2, -0.15) is 0 Å². The fourth-order valence-electron chi connectivity index (χ4n) is 4.47. The van der Waals surface area contributed by atoms with Gasteiger partial charge in [-0.3, -0.25) is 24.1 Å². The highest BCUT2D eigenvalue weighted by Gasteiger charge is 2.21. The van der Waals surface area contributed by atoms with E-state index in [1.54, 1.807) is 12.1 Å². The minimum absolute atomic E-state index is 0.00893. The average Bonchev–Trinajstić information content (AvgIpc) is 3.82. The summed E-state index contributed by atoms with van der Waals surface area (Å²) in [5.74, 6) is 0.229. The predicted octanol–water partition coefficient (Wildman–Crippen LogP) is 3.46. The summed E-state index contributed by atoms with van der Waals surface area (Å²) in [6, 6.07) is 26.3. The highest BCUT2D eigenvalue weighted by molar-refractivity contribution is 7.85. The fourth-order valence-corrected chi connectivity index (χ4v) is 5.42. The number of nitrogen functional groups attached to an aromatic ring is 1. The molecular weight excluding hydrogens is 536 g/mol. The first-order valence-corrected chi connectivity index (χ1v) is 14.6. The minimum Gasteiger partial charge on any atom is -0.384 e. The van der Waals surface area contributed by atoms with Crippen molar-refractivity contribution >= 4 is 22.5 Å². The number of nitrogens with zero attached hydrogens (tertiary/aromatic N) is 2. The lowest BCUT2D eigenvalue weighted by Gasteiger charge is -2.17. The second kappa shape index (κ2) is 12.6. The van der Waals surface area contributed by atoms with Gasteiger partial charge in [0.05, 0.1) is 18.8 Å². The minimum atomic E-state index is -1.58. The zero-order valence-electron chi connectivity index (χ0n) is 22.5. The second-order valence-electron chi connectivity index (χ2n) is 9.95. The normalized spacial score (nSPS) is 12.9. The molecule has 210 valence electrons. The van der Waals surface area contributed by atoms with Gasteiger partial charge in [0, 0.05) is 24.0 Å². The third-order valence-electron chi connectivity index (χ3n) is 6.81. The smallest absolute Gasteiger partial charge is 0.331 e. The van der Waals surface area contributed by atoms with E-state index in [-0.39, 0.29) is 30.4 Å². The van der Waals surface area contributed by atoms with Gasteiger partial charge in [0.1, 0.15) is 22.5 Å². The molecule has 1 aliphatic carbocycles. The van der Waals surface area contributed by atoms with Gasteiger partial charge in [-0.25, -0.2) is 9.00 Å². The van der Waals surface area contributed by atoms with E-state index in [1.165, 1.54) is 15.3 Å². The van der Waals surface area contributed by atoms with Gasteiger partial charge in [-0.1, -0.05) is 84.9 Å². The van der Waals surface area contributed by atoms with Crippen molar-refractivity contribution in [2.24, 2.45) is 5.73 Å². The summed E-state index contributed by atoms with van der Waals surface area (Å²) >= 11 is 0. The lowest BCUT2D eigenvalue weighted by atomic mass is 10.1. The van der Waals surface area contributed by atoms with Crippen molar-refractivity contribution in [1.29, 1.82) is 5.41 Å². The van der Waals surface area contributed by atoms with E-state index in [2.05, 4.69) is 10.0 Å². The van der Waals surface area contributed by atoms with Crippen LogP contribution >= 0.6 is 0 Å². The van der Waals surface area contributed by atoms with Crippen LogP contribution in [0.1, 0.15) is 35.1 Å². The standard InChI is InChI=1S/C31H32N6O3S/c32-29(33)26-13-11-22(12-14-26)17-34-27(25-15-16-25)20-37-30(38)28(35-41(40)21-24-9-5-2-6-10-24)19-36(31(37)39)18-23-7-3-1-4-8-23/h1-14,19,34-35H,15-18,20-21H2,(H3,32,33). The fraction of sp³-hybridized carbons (Fsp3) is 0.194. The second-order valence-corrected chi connectivity index (χ2v) is 11.1. The molecule has 0 aliphatic heterocycles. The van der Waals surface area contributed by atoms with Crippen LogP contribution in [0, 0.1) is 5.41 Å². The number of hydrogen-bond acceptors (Lipinski definition) is 5. The van der Waals surface area contributed by atoms with Gasteiger partial charge in [-0.15, -0.1) is 0 Å². The molecule has 1 saturated carbocycles. The van der Waals surface area contributed by atoms with E-state index in [1.807, 2.05) is 72.8 Å². The molecule has 41 heavy (non-hydrogen) atoms. The lowest BCUT2D eigenvalue weighted by molar-refractivity contribution is 0.585. The molecule has 9 nitrogen and oxygen atoms in total. The average molecular weight is 569 g/mol. The van der Waals surface area contributed by atoms with Crippen molar-refractivity contribution in [3.05, 3.63) is 145 Å². The molecule has 1 heterocycles. The number of anilines is 1. The zero-order valence-corrected chi connectivity index (χ0v) is 23.3. The number of nitrogens with one attached hydrogen (secondary N) is 3. The van der Waals surface area contributed by atoms with E-state index < -0.39 is 22.2 Å². The molecule has 0 saturated heterocycles. The molecule has 1 unspecified atom stereocenters. The Morgan fingerprint density at radius 1 is 0.878 bits per heavy atom. The van der Waals surface area contributed by atoms with E-state index in [4.69, 9.17) is 11.1 Å². The van der Waals surface area contributed by atoms with Crippen LogP contribution in [-0.2, 0) is 36.4 Å². The van der Waals surface area contributed by atoms with Gasteiger partial charge in [0.15, 0.2) is 0 Å². The summed E-state index contributed by atoms with van der Waals surface area (Å²) in [5, 5.41) is 11.0. The van der Waals surface area contributed by atoms with Gasteiger partial charge in [0.2, 0.25) is 0 Å². The van der Waals surface area contributed by atoms with Crippen LogP contribution in [-0.4, -0.2) is 19.2 Å². The number of nitrogens with two attached hydrogens (primary N) is 1. The maximum Gasteiger partial charge on any atom is 0.331 e. The van der Waals surface area contributed by atoms with Crippen LogP contribution in [0.4, 0.5) is 5.69 Å². The number of hydrogen-bond donors (Lipinski definition) is 4. The molecule has 0 bridgehead atoms. The lowest BCUT2D eigenvalue weighted by Crippen LogP contribution is -2.42. The van der Waals surface area contributed by atoms with Crippen molar-refractivity contribution in [3.63, 3.8) is 0 Å². The highest BCUT2D eigenvalue weighted by Crippen LogP contribution is 2.31. The van der Waals surface area contributed by atoms with Gasteiger partial charge < -0.3 is 11.1 Å². The maximum atomic E-state index is 13.6.